The molecule has 0 atom stereocenters. The molecular formula is C15H19N3OS. The number of benzene rings is 1. The maximum absolute atomic E-state index is 5.79. The molecule has 4 nitrogen and oxygen atoms in total. The molecule has 1 N–H and O–H groups in total. The van der Waals surface area contributed by atoms with E-state index in [1.54, 1.807) is 11.3 Å². The van der Waals surface area contributed by atoms with E-state index < -0.39 is 0 Å². The Hall–Kier alpha value is -1.59. The number of hydrogen-bond donors (Lipinski definition) is 1. The molecule has 1 aliphatic rings. The fourth-order valence-corrected chi connectivity index (χ4v) is 3.20. The average molecular weight is 289 g/mol. The molecule has 0 bridgehead atoms. The minimum Gasteiger partial charge on any atom is -0.491 e. The van der Waals surface area contributed by atoms with Crippen LogP contribution >= 0.6 is 11.3 Å². The number of rotatable bonds is 4. The number of fused-ring (bicyclic) bond motifs is 1. The van der Waals surface area contributed by atoms with Gasteiger partial charge in [-0.15, -0.1) is 11.3 Å². The Morgan fingerprint density at radius 3 is 3.20 bits per heavy atom. The highest BCUT2D eigenvalue weighted by Crippen LogP contribution is 2.37. The largest absolute Gasteiger partial charge is 0.491 e. The quantitative estimate of drug-likeness (QED) is 0.938. The van der Waals surface area contributed by atoms with Crippen LogP contribution in [0.15, 0.2) is 30.5 Å². The fraction of sp³-hybridized carbons (Fsp3) is 0.400. The van der Waals surface area contributed by atoms with Crippen LogP contribution < -0.4 is 15.0 Å². The lowest BCUT2D eigenvalue weighted by Gasteiger charge is -2.20. The molecule has 1 aromatic carbocycles. The maximum Gasteiger partial charge on any atom is 0.190 e. The third-order valence-electron chi connectivity index (χ3n) is 3.26. The first-order valence-corrected chi connectivity index (χ1v) is 7.85. The Kier molecular flexibility index (Phi) is 4.18. The Labute approximate surface area is 123 Å². The molecule has 0 saturated carbocycles. The highest BCUT2D eigenvalue weighted by Gasteiger charge is 2.19. The molecule has 106 valence electrons. The highest BCUT2D eigenvalue weighted by molar-refractivity contribution is 7.15. The maximum atomic E-state index is 5.79. The number of thiazole rings is 1. The summed E-state index contributed by atoms with van der Waals surface area (Å²) in [6.07, 6.45) is 2.98. The van der Waals surface area contributed by atoms with Crippen LogP contribution in [0.4, 0.5) is 10.8 Å². The van der Waals surface area contributed by atoms with Gasteiger partial charge in [-0.2, -0.15) is 0 Å². The van der Waals surface area contributed by atoms with Gasteiger partial charge in [-0.05, 0) is 25.1 Å². The van der Waals surface area contributed by atoms with Crippen LogP contribution in [0.2, 0.25) is 0 Å². The minimum absolute atomic E-state index is 0.767. The predicted molar refractivity (Wildman–Crippen MR) is 83.1 cm³/mol. The van der Waals surface area contributed by atoms with Crippen molar-refractivity contribution in [3.63, 3.8) is 0 Å². The van der Waals surface area contributed by atoms with Crippen molar-refractivity contribution in [1.29, 1.82) is 0 Å². The summed E-state index contributed by atoms with van der Waals surface area (Å²) in [7, 11) is 0. The summed E-state index contributed by atoms with van der Waals surface area (Å²) in [5, 5.41) is 4.39. The van der Waals surface area contributed by atoms with Gasteiger partial charge in [0.1, 0.15) is 5.75 Å². The third-order valence-corrected chi connectivity index (χ3v) is 4.28. The SMILES string of the molecule is CCNCc1cnc(N2CCCOc3ccccc32)s1. The number of nitrogens with zero attached hydrogens (tertiary/aromatic N) is 2. The second-order valence-electron chi connectivity index (χ2n) is 4.71. The molecule has 3 rings (SSSR count). The first kappa shape index (κ1) is 13.4. The van der Waals surface area contributed by atoms with E-state index in [1.807, 2.05) is 24.4 Å². The van der Waals surface area contributed by atoms with E-state index >= 15 is 0 Å². The van der Waals surface area contributed by atoms with Crippen molar-refractivity contribution >= 4 is 22.2 Å². The Bertz CT molecular complexity index is 570. The molecule has 5 heteroatoms. The standard InChI is InChI=1S/C15H19N3OS/c1-2-16-10-12-11-17-15(20-12)18-8-5-9-19-14-7-4-3-6-13(14)18/h3-4,6-7,11,16H,2,5,8-10H2,1H3. The number of ether oxygens (including phenoxy) is 1. The Morgan fingerprint density at radius 2 is 2.30 bits per heavy atom. The van der Waals surface area contributed by atoms with E-state index in [0.717, 1.165) is 49.2 Å². The van der Waals surface area contributed by atoms with Gasteiger partial charge in [0.05, 0.1) is 12.3 Å². The van der Waals surface area contributed by atoms with Crippen molar-refractivity contribution in [2.75, 3.05) is 24.6 Å². The molecule has 0 saturated heterocycles. The first-order valence-electron chi connectivity index (χ1n) is 7.03. The van der Waals surface area contributed by atoms with E-state index in [9.17, 15) is 0 Å². The summed E-state index contributed by atoms with van der Waals surface area (Å²) in [6.45, 7) is 5.70. The summed E-state index contributed by atoms with van der Waals surface area (Å²) in [5.41, 5.74) is 1.12. The summed E-state index contributed by atoms with van der Waals surface area (Å²) < 4.78 is 5.79. The molecule has 0 unspecified atom stereocenters. The second kappa shape index (κ2) is 6.24. The number of aromatic nitrogens is 1. The molecular weight excluding hydrogens is 270 g/mol. The number of anilines is 2. The van der Waals surface area contributed by atoms with Gasteiger partial charge in [0.25, 0.3) is 0 Å². The van der Waals surface area contributed by atoms with Crippen molar-refractivity contribution in [1.82, 2.24) is 10.3 Å². The van der Waals surface area contributed by atoms with Gasteiger partial charge in [-0.3, -0.25) is 0 Å². The zero-order chi connectivity index (χ0) is 13.8. The minimum atomic E-state index is 0.767. The molecule has 1 aliphatic heterocycles. The van der Waals surface area contributed by atoms with Crippen LogP contribution in [0.25, 0.3) is 0 Å². The zero-order valence-electron chi connectivity index (χ0n) is 11.6. The van der Waals surface area contributed by atoms with E-state index in [0.29, 0.717) is 0 Å². The molecule has 0 fully saturated rings. The van der Waals surface area contributed by atoms with Crippen LogP contribution in [0, 0.1) is 0 Å². The first-order chi connectivity index (χ1) is 9.88. The van der Waals surface area contributed by atoms with E-state index in [2.05, 4.69) is 28.2 Å². The van der Waals surface area contributed by atoms with Crippen molar-refractivity contribution in [3.8, 4) is 5.75 Å². The number of nitrogens with one attached hydrogen (secondary N) is 1. The fourth-order valence-electron chi connectivity index (χ4n) is 2.28. The van der Waals surface area contributed by atoms with Crippen LogP contribution in [0.1, 0.15) is 18.2 Å². The van der Waals surface area contributed by atoms with Crippen molar-refractivity contribution in [2.45, 2.75) is 19.9 Å². The van der Waals surface area contributed by atoms with E-state index in [4.69, 9.17) is 4.74 Å². The van der Waals surface area contributed by atoms with Gasteiger partial charge < -0.3 is 15.0 Å². The van der Waals surface area contributed by atoms with Crippen LogP contribution in [-0.2, 0) is 6.54 Å². The van der Waals surface area contributed by atoms with Crippen molar-refractivity contribution in [2.24, 2.45) is 0 Å². The molecule has 0 aliphatic carbocycles. The van der Waals surface area contributed by atoms with Gasteiger partial charge in [-0.1, -0.05) is 19.1 Å². The second-order valence-corrected chi connectivity index (χ2v) is 5.80. The molecule has 2 aromatic rings. The van der Waals surface area contributed by atoms with Gasteiger partial charge in [-0.25, -0.2) is 4.98 Å². The predicted octanol–water partition coefficient (Wildman–Crippen LogP) is 3.17. The number of hydrogen-bond acceptors (Lipinski definition) is 5. The van der Waals surface area contributed by atoms with Crippen LogP contribution in [0.5, 0.6) is 5.75 Å². The van der Waals surface area contributed by atoms with Crippen LogP contribution in [0.3, 0.4) is 0 Å². The monoisotopic (exact) mass is 289 g/mol. The van der Waals surface area contributed by atoms with E-state index in [-0.39, 0.29) is 0 Å². The van der Waals surface area contributed by atoms with Gasteiger partial charge in [0.2, 0.25) is 0 Å². The van der Waals surface area contributed by atoms with Gasteiger partial charge in [0.15, 0.2) is 5.13 Å². The van der Waals surface area contributed by atoms with Gasteiger partial charge >= 0.3 is 0 Å². The molecule has 1 aromatic heterocycles. The van der Waals surface area contributed by atoms with E-state index in [1.165, 1.54) is 4.88 Å². The molecule has 0 spiro atoms. The summed E-state index contributed by atoms with van der Waals surface area (Å²) in [4.78, 5) is 8.12. The summed E-state index contributed by atoms with van der Waals surface area (Å²) in [5.74, 6) is 0.952. The lowest BCUT2D eigenvalue weighted by Crippen LogP contribution is -2.17. The lowest BCUT2D eigenvalue weighted by molar-refractivity contribution is 0.322. The Balaban J connectivity index is 1.87. The normalized spacial score (nSPS) is 14.6. The summed E-state index contributed by atoms with van der Waals surface area (Å²) in [6, 6.07) is 8.20. The van der Waals surface area contributed by atoms with Crippen molar-refractivity contribution < 1.29 is 4.74 Å². The average Bonchev–Trinajstić information content (AvgIpc) is 2.84. The topological polar surface area (TPSA) is 37.4 Å². The smallest absolute Gasteiger partial charge is 0.190 e. The Morgan fingerprint density at radius 1 is 1.40 bits per heavy atom. The zero-order valence-corrected chi connectivity index (χ0v) is 12.4. The molecule has 20 heavy (non-hydrogen) atoms. The highest BCUT2D eigenvalue weighted by atomic mass is 32.1. The molecule has 2 heterocycles. The third kappa shape index (κ3) is 2.78. The molecule has 0 radical (unpaired) electrons. The van der Waals surface area contributed by atoms with Crippen molar-refractivity contribution in [3.05, 3.63) is 35.3 Å². The lowest BCUT2D eigenvalue weighted by atomic mass is 10.2. The van der Waals surface area contributed by atoms with Gasteiger partial charge in [0, 0.05) is 24.2 Å². The summed E-state index contributed by atoms with van der Waals surface area (Å²) >= 11 is 1.75. The molecule has 0 amide bonds. The van der Waals surface area contributed by atoms with Crippen LogP contribution in [-0.4, -0.2) is 24.7 Å². The number of para-hydroxylation sites is 2.